The first-order valence-electron chi connectivity index (χ1n) is 7.10. The van der Waals surface area contributed by atoms with Gasteiger partial charge in [-0.15, -0.1) is 13.2 Å². The molecule has 0 radical (unpaired) electrons. The Hall–Kier alpha value is -1.33. The van der Waals surface area contributed by atoms with Crippen LogP contribution in [0.15, 0.2) is 54.6 Å². The van der Waals surface area contributed by atoms with E-state index in [1.807, 2.05) is 32.0 Å². The van der Waals surface area contributed by atoms with Crippen molar-refractivity contribution in [2.24, 2.45) is 0 Å². The molecule has 1 atom stereocenters. The number of rotatable bonds is 2. The van der Waals surface area contributed by atoms with E-state index in [9.17, 15) is 13.2 Å². The topological polar surface area (TPSA) is 0 Å². The molecular weight excluding hydrogens is 385 g/mol. The Kier molecular flexibility index (Phi) is 5.21. The van der Waals surface area contributed by atoms with Gasteiger partial charge in [0.15, 0.2) is 9.58 Å². The largest absolute Gasteiger partial charge is 1.00 e. The number of halogens is 4. The maximum absolute atomic E-state index is 13.7. The van der Waals surface area contributed by atoms with Crippen molar-refractivity contribution in [1.82, 2.24) is 0 Å². The van der Waals surface area contributed by atoms with Crippen LogP contribution in [0.25, 0.3) is 20.5 Å². The summed E-state index contributed by atoms with van der Waals surface area (Å²) in [6.07, 6.45) is 0. The molecular formula is C18H16BrF3S. The highest BCUT2D eigenvalue weighted by Crippen LogP contribution is 2.54. The Morgan fingerprint density at radius 1 is 0.913 bits per heavy atom. The fourth-order valence-corrected chi connectivity index (χ4v) is 4.55. The van der Waals surface area contributed by atoms with Gasteiger partial charge in [-0.25, -0.2) is 0 Å². The SMILES string of the molecule is CC(C)c1ccc2cc(-c3ccccc3)[s+](C(F)(F)F)c2c1.[Br-]. The summed E-state index contributed by atoms with van der Waals surface area (Å²) in [5.41, 5.74) is -2.67. The van der Waals surface area contributed by atoms with E-state index in [4.69, 9.17) is 0 Å². The van der Waals surface area contributed by atoms with Gasteiger partial charge < -0.3 is 17.0 Å². The molecule has 3 rings (SSSR count). The standard InChI is InChI=1S/C18H16F3S.BrH/c1-12(2)14-8-9-15-11-16(13-6-4-3-5-7-13)22(17(15)10-14)18(19,20)21;/h3-12H,1-2H3;1H/q+1;/p-1. The zero-order chi connectivity index (χ0) is 15.9. The van der Waals surface area contributed by atoms with Gasteiger partial charge in [0.05, 0.1) is 0 Å². The fourth-order valence-electron chi connectivity index (χ4n) is 2.58. The molecule has 0 fully saturated rings. The second kappa shape index (κ2) is 6.65. The number of alkyl halides is 3. The summed E-state index contributed by atoms with van der Waals surface area (Å²) in [4.78, 5) is 0.365. The molecule has 1 heterocycles. The minimum absolute atomic E-state index is 0. The smallest absolute Gasteiger partial charge is 0.601 e. The molecule has 0 aliphatic carbocycles. The minimum atomic E-state index is -4.26. The number of benzene rings is 2. The quantitative estimate of drug-likeness (QED) is 0.573. The van der Waals surface area contributed by atoms with Crippen molar-refractivity contribution in [2.45, 2.75) is 25.3 Å². The molecule has 0 N–H and O–H groups in total. The van der Waals surface area contributed by atoms with Crippen LogP contribution in [0.5, 0.6) is 0 Å². The van der Waals surface area contributed by atoms with Crippen LogP contribution in [0, 0.1) is 0 Å². The molecule has 0 saturated carbocycles. The first kappa shape index (κ1) is 18.0. The van der Waals surface area contributed by atoms with E-state index in [0.29, 0.717) is 20.5 Å². The average molecular weight is 401 g/mol. The lowest BCUT2D eigenvalue weighted by Gasteiger charge is -2.04. The molecule has 0 spiro atoms. The van der Waals surface area contributed by atoms with Gasteiger partial charge >= 0.3 is 5.51 Å². The van der Waals surface area contributed by atoms with E-state index in [0.717, 1.165) is 5.56 Å². The maximum atomic E-state index is 13.7. The Morgan fingerprint density at radius 2 is 1.57 bits per heavy atom. The molecule has 0 bridgehead atoms. The zero-order valence-corrected chi connectivity index (χ0v) is 15.1. The van der Waals surface area contributed by atoms with Crippen LogP contribution in [0.3, 0.4) is 0 Å². The summed E-state index contributed by atoms with van der Waals surface area (Å²) >= 11 is 0. The normalized spacial score (nSPS) is 12.5. The minimum Gasteiger partial charge on any atom is -1.00 e. The molecule has 0 amide bonds. The lowest BCUT2D eigenvalue weighted by Crippen LogP contribution is -3.00. The van der Waals surface area contributed by atoms with E-state index >= 15 is 0 Å². The molecule has 23 heavy (non-hydrogen) atoms. The van der Waals surface area contributed by atoms with Crippen LogP contribution in [-0.2, 0) is 5.51 Å². The predicted octanol–water partition coefficient (Wildman–Crippen LogP) is 3.86. The molecule has 5 heteroatoms. The first-order chi connectivity index (χ1) is 10.4. The maximum Gasteiger partial charge on any atom is 0.601 e. The molecule has 0 nitrogen and oxygen atoms in total. The van der Waals surface area contributed by atoms with Crippen LogP contribution in [0.4, 0.5) is 13.2 Å². The number of fused-ring (bicyclic) bond motifs is 1. The van der Waals surface area contributed by atoms with Gasteiger partial charge in [-0.1, -0.05) is 38.1 Å². The van der Waals surface area contributed by atoms with Crippen molar-refractivity contribution >= 4 is 20.6 Å². The summed E-state index contributed by atoms with van der Waals surface area (Å²) in [6, 6.07) is 16.0. The van der Waals surface area contributed by atoms with E-state index < -0.39 is 16.0 Å². The van der Waals surface area contributed by atoms with Crippen molar-refractivity contribution in [2.75, 3.05) is 0 Å². The second-order valence-electron chi connectivity index (χ2n) is 5.58. The van der Waals surface area contributed by atoms with Crippen LogP contribution in [-0.4, -0.2) is 0 Å². The third-order valence-electron chi connectivity index (χ3n) is 3.72. The van der Waals surface area contributed by atoms with Gasteiger partial charge in [0.2, 0.25) is 0 Å². The Balaban J connectivity index is 0.00000192. The lowest BCUT2D eigenvalue weighted by atomic mass is 10.0. The molecule has 0 aliphatic rings. The Labute approximate surface area is 146 Å². The van der Waals surface area contributed by atoms with Gasteiger partial charge in [0, 0.05) is 23.1 Å². The third kappa shape index (κ3) is 3.45. The third-order valence-corrected chi connectivity index (χ3v) is 5.77. The molecule has 122 valence electrons. The van der Waals surface area contributed by atoms with Crippen molar-refractivity contribution in [3.8, 4) is 10.4 Å². The summed E-state index contributed by atoms with van der Waals surface area (Å²) in [5, 5.41) is 0.684. The summed E-state index contributed by atoms with van der Waals surface area (Å²) in [6.45, 7) is 3.99. The first-order valence-corrected chi connectivity index (χ1v) is 8.32. The number of hydrogen-bond donors (Lipinski definition) is 0. The Bertz CT molecular complexity index is 804. The molecule has 0 saturated heterocycles. The Morgan fingerprint density at radius 3 is 2.13 bits per heavy atom. The van der Waals surface area contributed by atoms with Crippen molar-refractivity contribution in [3.05, 3.63) is 60.2 Å². The van der Waals surface area contributed by atoms with Gasteiger partial charge in [-0.3, -0.25) is 0 Å². The summed E-state index contributed by atoms with van der Waals surface area (Å²) in [7, 11) is -1.87. The molecule has 3 aromatic rings. The van der Waals surface area contributed by atoms with Crippen LogP contribution >= 0.6 is 10.5 Å². The summed E-state index contributed by atoms with van der Waals surface area (Å²) < 4.78 is 41.4. The predicted molar refractivity (Wildman–Crippen MR) is 87.3 cm³/mol. The van der Waals surface area contributed by atoms with Crippen LogP contribution < -0.4 is 17.0 Å². The highest BCUT2D eigenvalue weighted by atomic mass is 79.9. The molecule has 2 aromatic carbocycles. The monoisotopic (exact) mass is 400 g/mol. The fraction of sp³-hybridized carbons (Fsp3) is 0.222. The van der Waals surface area contributed by atoms with Gasteiger partial charge in [-0.05, 0) is 29.7 Å². The van der Waals surface area contributed by atoms with E-state index in [2.05, 4.69) is 0 Å². The molecule has 0 aliphatic heterocycles. The second-order valence-corrected chi connectivity index (χ2v) is 7.53. The van der Waals surface area contributed by atoms with Crippen molar-refractivity contribution in [1.29, 1.82) is 0 Å². The van der Waals surface area contributed by atoms with Crippen LogP contribution in [0.2, 0.25) is 0 Å². The van der Waals surface area contributed by atoms with E-state index in [1.165, 1.54) is 0 Å². The van der Waals surface area contributed by atoms with E-state index in [-0.39, 0.29) is 22.9 Å². The number of hydrogen-bond acceptors (Lipinski definition) is 0. The van der Waals surface area contributed by atoms with Gasteiger partial charge in [0.25, 0.3) is 0 Å². The average Bonchev–Trinajstić information content (AvgIpc) is 2.86. The van der Waals surface area contributed by atoms with Gasteiger partial charge in [0.1, 0.15) is 10.5 Å². The number of thiophene rings is 1. The molecule has 1 unspecified atom stereocenters. The highest BCUT2D eigenvalue weighted by Gasteiger charge is 2.48. The van der Waals surface area contributed by atoms with Crippen molar-refractivity contribution < 1.29 is 30.2 Å². The van der Waals surface area contributed by atoms with E-state index in [1.54, 1.807) is 36.4 Å². The zero-order valence-electron chi connectivity index (χ0n) is 12.7. The van der Waals surface area contributed by atoms with Crippen molar-refractivity contribution in [3.63, 3.8) is 0 Å². The van der Waals surface area contributed by atoms with Gasteiger partial charge in [-0.2, -0.15) is 0 Å². The highest BCUT2D eigenvalue weighted by molar-refractivity contribution is 7.41. The molecule has 1 aromatic heterocycles. The lowest BCUT2D eigenvalue weighted by molar-refractivity contribution is -0.0864. The summed E-state index contributed by atoms with van der Waals surface area (Å²) in [5.74, 6) is 0.213. The van der Waals surface area contributed by atoms with Crippen LogP contribution in [0.1, 0.15) is 25.3 Å².